The van der Waals surface area contributed by atoms with Gasteiger partial charge in [-0.3, -0.25) is 0 Å². The quantitative estimate of drug-likeness (QED) is 0.778. The van der Waals surface area contributed by atoms with E-state index in [1.165, 1.54) is 4.68 Å². The van der Waals surface area contributed by atoms with Crippen LogP contribution in [-0.4, -0.2) is 20.9 Å². The van der Waals surface area contributed by atoms with Crippen molar-refractivity contribution >= 4 is 33.5 Å². The molecule has 0 aliphatic carbocycles. The molecular formula is C10H9BrN4O2. The fraction of sp³-hybridized carbons (Fsp3) is 0. The van der Waals surface area contributed by atoms with Crippen LogP contribution in [0.15, 0.2) is 28.7 Å². The molecule has 2 rings (SSSR count). The number of aromatic carboxylic acids is 1. The van der Waals surface area contributed by atoms with Crippen molar-refractivity contribution in [1.82, 2.24) is 9.78 Å². The van der Waals surface area contributed by atoms with Gasteiger partial charge >= 0.3 is 5.97 Å². The van der Waals surface area contributed by atoms with Gasteiger partial charge in [0.05, 0.1) is 5.69 Å². The first-order chi connectivity index (χ1) is 8.00. The van der Waals surface area contributed by atoms with Crippen molar-refractivity contribution in [3.05, 3.63) is 34.3 Å². The Balaban J connectivity index is 2.62. The Morgan fingerprint density at radius 1 is 1.41 bits per heavy atom. The van der Waals surface area contributed by atoms with E-state index in [2.05, 4.69) is 21.0 Å². The minimum atomic E-state index is -1.19. The highest BCUT2D eigenvalue weighted by Gasteiger charge is 2.20. The molecule has 0 radical (unpaired) electrons. The van der Waals surface area contributed by atoms with Gasteiger partial charge in [-0.25, -0.2) is 9.48 Å². The van der Waals surface area contributed by atoms with Crippen LogP contribution >= 0.6 is 15.9 Å². The molecule has 2 aromatic rings. The lowest BCUT2D eigenvalue weighted by Crippen LogP contribution is -2.06. The van der Waals surface area contributed by atoms with Crippen LogP contribution in [0.2, 0.25) is 0 Å². The fourth-order valence-corrected chi connectivity index (χ4v) is 1.86. The number of benzene rings is 1. The van der Waals surface area contributed by atoms with Gasteiger partial charge < -0.3 is 16.6 Å². The van der Waals surface area contributed by atoms with Crippen LogP contribution in [-0.2, 0) is 0 Å². The van der Waals surface area contributed by atoms with E-state index in [1.54, 1.807) is 18.2 Å². The normalized spacial score (nSPS) is 10.4. The molecule has 0 bridgehead atoms. The molecule has 0 aliphatic heterocycles. The average Bonchev–Trinajstić information content (AvgIpc) is 2.54. The van der Waals surface area contributed by atoms with Crippen molar-refractivity contribution in [3.63, 3.8) is 0 Å². The zero-order chi connectivity index (χ0) is 12.6. The van der Waals surface area contributed by atoms with Crippen molar-refractivity contribution in [2.45, 2.75) is 0 Å². The maximum Gasteiger partial charge on any atom is 0.343 e. The van der Waals surface area contributed by atoms with Crippen molar-refractivity contribution in [3.8, 4) is 5.69 Å². The number of nitrogen functional groups attached to an aromatic ring is 2. The summed E-state index contributed by atoms with van der Waals surface area (Å²) in [7, 11) is 0. The molecule has 0 fully saturated rings. The second kappa shape index (κ2) is 4.10. The number of aromatic nitrogens is 2. The summed E-state index contributed by atoms with van der Waals surface area (Å²) >= 11 is 3.31. The predicted molar refractivity (Wildman–Crippen MR) is 67.0 cm³/mol. The molecule has 17 heavy (non-hydrogen) atoms. The van der Waals surface area contributed by atoms with Gasteiger partial charge in [0, 0.05) is 4.47 Å². The number of carboxylic acids is 1. The largest absolute Gasteiger partial charge is 0.477 e. The van der Waals surface area contributed by atoms with Crippen LogP contribution < -0.4 is 11.5 Å². The Morgan fingerprint density at radius 2 is 2.12 bits per heavy atom. The molecule has 88 valence electrons. The van der Waals surface area contributed by atoms with Gasteiger partial charge in [-0.15, -0.1) is 5.10 Å². The summed E-state index contributed by atoms with van der Waals surface area (Å²) in [6.07, 6.45) is 0. The van der Waals surface area contributed by atoms with Gasteiger partial charge in [0.15, 0.2) is 5.82 Å². The van der Waals surface area contributed by atoms with Crippen molar-refractivity contribution < 1.29 is 9.90 Å². The Kier molecular flexibility index (Phi) is 2.76. The van der Waals surface area contributed by atoms with Gasteiger partial charge in [-0.1, -0.05) is 22.0 Å². The lowest BCUT2D eigenvalue weighted by atomic mass is 10.3. The lowest BCUT2D eigenvalue weighted by molar-refractivity contribution is 0.0699. The first-order valence-corrected chi connectivity index (χ1v) is 5.43. The van der Waals surface area contributed by atoms with Crippen LogP contribution in [0, 0.1) is 0 Å². The van der Waals surface area contributed by atoms with E-state index in [0.29, 0.717) is 5.69 Å². The highest BCUT2D eigenvalue weighted by Crippen LogP contribution is 2.24. The van der Waals surface area contributed by atoms with Crippen LogP contribution in [0.4, 0.5) is 11.6 Å². The molecule has 0 spiro atoms. The first-order valence-electron chi connectivity index (χ1n) is 4.64. The molecule has 5 N–H and O–H groups in total. The molecule has 0 amide bonds. The van der Waals surface area contributed by atoms with Crippen molar-refractivity contribution in [1.29, 1.82) is 0 Å². The Bertz CT molecular complexity index is 594. The molecule has 6 nitrogen and oxygen atoms in total. The predicted octanol–water partition coefficient (Wildman–Crippen LogP) is 1.50. The average molecular weight is 297 g/mol. The van der Waals surface area contributed by atoms with Crippen molar-refractivity contribution in [2.24, 2.45) is 0 Å². The zero-order valence-electron chi connectivity index (χ0n) is 8.59. The number of carbonyl (C=O) groups is 1. The smallest absolute Gasteiger partial charge is 0.343 e. The Labute approximate surface area is 105 Å². The van der Waals surface area contributed by atoms with Crippen molar-refractivity contribution in [2.75, 3.05) is 11.5 Å². The van der Waals surface area contributed by atoms with E-state index in [4.69, 9.17) is 16.6 Å². The minimum Gasteiger partial charge on any atom is -0.477 e. The second-order valence-corrected chi connectivity index (χ2v) is 4.26. The van der Waals surface area contributed by atoms with Gasteiger partial charge in [0.1, 0.15) is 11.4 Å². The number of hydrogen-bond acceptors (Lipinski definition) is 4. The van der Waals surface area contributed by atoms with Crippen LogP contribution in [0.5, 0.6) is 0 Å². The maximum atomic E-state index is 10.9. The van der Waals surface area contributed by atoms with E-state index >= 15 is 0 Å². The molecule has 0 atom stereocenters. The highest BCUT2D eigenvalue weighted by atomic mass is 79.9. The molecular weight excluding hydrogens is 288 g/mol. The van der Waals surface area contributed by atoms with Gasteiger partial charge in [-0.2, -0.15) is 0 Å². The molecule has 7 heteroatoms. The molecule has 1 aromatic carbocycles. The summed E-state index contributed by atoms with van der Waals surface area (Å²) in [4.78, 5) is 10.9. The van der Waals surface area contributed by atoms with E-state index in [9.17, 15) is 4.79 Å². The molecule has 1 aromatic heterocycles. The third-order valence-electron chi connectivity index (χ3n) is 2.21. The number of nitrogens with zero attached hydrogens (tertiary/aromatic N) is 2. The van der Waals surface area contributed by atoms with Gasteiger partial charge in [0.25, 0.3) is 0 Å². The second-order valence-electron chi connectivity index (χ2n) is 3.34. The van der Waals surface area contributed by atoms with Crippen LogP contribution in [0.1, 0.15) is 10.4 Å². The Hall–Kier alpha value is -2.02. The standard InChI is InChI=1S/C10H9BrN4O2/c11-5-2-1-3-6(4-5)15-9(13)7(10(16)17)8(12)14-15/h1-4H,13H2,(H2,12,14)(H,16,17). The number of rotatable bonds is 2. The van der Waals surface area contributed by atoms with E-state index in [1.807, 2.05) is 6.07 Å². The van der Waals surface area contributed by atoms with Gasteiger partial charge in [-0.05, 0) is 18.2 Å². The number of carboxylic acid groups (broad SMARTS) is 1. The summed E-state index contributed by atoms with van der Waals surface area (Å²) in [5.74, 6) is -1.29. The van der Waals surface area contributed by atoms with E-state index < -0.39 is 5.97 Å². The molecule has 0 saturated heterocycles. The first kappa shape index (κ1) is 11.5. The molecule has 0 unspecified atom stereocenters. The minimum absolute atomic E-state index is 0.00750. The summed E-state index contributed by atoms with van der Waals surface area (Å²) in [5.41, 5.74) is 11.7. The van der Waals surface area contributed by atoms with E-state index in [-0.39, 0.29) is 17.2 Å². The number of nitrogens with two attached hydrogens (primary N) is 2. The molecule has 0 saturated carbocycles. The molecule has 0 aliphatic rings. The van der Waals surface area contributed by atoms with Crippen LogP contribution in [0.3, 0.4) is 0 Å². The monoisotopic (exact) mass is 296 g/mol. The number of halogens is 1. The van der Waals surface area contributed by atoms with Gasteiger partial charge in [0.2, 0.25) is 0 Å². The third-order valence-corrected chi connectivity index (χ3v) is 2.71. The van der Waals surface area contributed by atoms with E-state index in [0.717, 1.165) is 4.47 Å². The molecule has 1 heterocycles. The third kappa shape index (κ3) is 1.96. The number of hydrogen-bond donors (Lipinski definition) is 3. The summed E-state index contributed by atoms with van der Waals surface area (Å²) in [6, 6.07) is 7.13. The fourth-order valence-electron chi connectivity index (χ4n) is 1.47. The summed E-state index contributed by atoms with van der Waals surface area (Å²) in [6.45, 7) is 0. The summed E-state index contributed by atoms with van der Waals surface area (Å²) < 4.78 is 2.13. The van der Waals surface area contributed by atoms with Crippen LogP contribution in [0.25, 0.3) is 5.69 Å². The topological polar surface area (TPSA) is 107 Å². The lowest BCUT2D eigenvalue weighted by Gasteiger charge is -2.04. The summed E-state index contributed by atoms with van der Waals surface area (Å²) in [5, 5.41) is 12.8. The number of anilines is 2. The highest BCUT2D eigenvalue weighted by molar-refractivity contribution is 9.10. The maximum absolute atomic E-state index is 10.9. The zero-order valence-corrected chi connectivity index (χ0v) is 10.2. The SMILES string of the molecule is Nc1nn(-c2cccc(Br)c2)c(N)c1C(=O)O. The Morgan fingerprint density at radius 3 is 2.65 bits per heavy atom.